The Hall–Kier alpha value is -2.54. The number of pyridine rings is 1. The molecular weight excluding hydrogens is 331 g/mol. The summed E-state index contributed by atoms with van der Waals surface area (Å²) in [7, 11) is 0. The Kier molecular flexibility index (Phi) is 4.91. The Labute approximate surface area is 151 Å². The van der Waals surface area contributed by atoms with E-state index >= 15 is 0 Å². The summed E-state index contributed by atoms with van der Waals surface area (Å²) in [4.78, 5) is 4.20. The maximum absolute atomic E-state index is 13.5. The summed E-state index contributed by atoms with van der Waals surface area (Å²) in [5.41, 5.74) is 13.7. The molecule has 3 aromatic rings. The van der Waals surface area contributed by atoms with Crippen LogP contribution in [0.25, 0.3) is 21.9 Å². The first-order valence-corrected chi connectivity index (χ1v) is 8.39. The summed E-state index contributed by atoms with van der Waals surface area (Å²) in [6.45, 7) is 4.18. The minimum atomic E-state index is -0.923. The van der Waals surface area contributed by atoms with Crippen LogP contribution in [0.15, 0.2) is 48.7 Å². The van der Waals surface area contributed by atoms with Gasteiger partial charge in [-0.3, -0.25) is 5.32 Å². The maximum atomic E-state index is 13.5. The summed E-state index contributed by atoms with van der Waals surface area (Å²) in [5.74, 6) is 0.0554. The zero-order chi connectivity index (χ0) is 18.9. The molecule has 0 amide bonds. The number of nitrogens with two attached hydrogens (primary N) is 2. The fourth-order valence-corrected chi connectivity index (χ4v) is 2.82. The lowest BCUT2D eigenvalue weighted by Crippen LogP contribution is -2.44. The average molecular weight is 354 g/mol. The van der Waals surface area contributed by atoms with Gasteiger partial charge in [-0.25, -0.2) is 9.37 Å². The van der Waals surface area contributed by atoms with Gasteiger partial charge in [0, 0.05) is 29.2 Å². The topological polar surface area (TPSA) is 97.2 Å². The number of aliphatic hydroxyl groups is 1. The lowest BCUT2D eigenvalue weighted by Gasteiger charge is -2.23. The summed E-state index contributed by atoms with van der Waals surface area (Å²) >= 11 is 0. The highest BCUT2D eigenvalue weighted by atomic mass is 19.1. The quantitative estimate of drug-likeness (QED) is 0.528. The first-order chi connectivity index (χ1) is 12.2. The molecule has 0 aliphatic rings. The van der Waals surface area contributed by atoms with Crippen molar-refractivity contribution in [1.29, 1.82) is 0 Å². The van der Waals surface area contributed by atoms with Gasteiger partial charge in [0.05, 0.1) is 0 Å². The van der Waals surface area contributed by atoms with Gasteiger partial charge in [0.15, 0.2) is 0 Å². The molecule has 1 atom stereocenters. The van der Waals surface area contributed by atoms with E-state index < -0.39 is 11.8 Å². The number of benzene rings is 2. The predicted molar refractivity (Wildman–Crippen MR) is 103 cm³/mol. The Bertz CT molecular complexity index is 937. The van der Waals surface area contributed by atoms with Gasteiger partial charge >= 0.3 is 0 Å². The molecule has 6 heteroatoms. The van der Waals surface area contributed by atoms with Crippen LogP contribution in [-0.2, 0) is 0 Å². The van der Waals surface area contributed by atoms with Crippen LogP contribution in [-0.4, -0.2) is 22.2 Å². The fourth-order valence-electron chi connectivity index (χ4n) is 2.82. The Morgan fingerprint density at radius 3 is 2.58 bits per heavy atom. The molecule has 26 heavy (non-hydrogen) atoms. The lowest BCUT2D eigenvalue weighted by molar-refractivity contribution is 0.133. The summed E-state index contributed by atoms with van der Waals surface area (Å²) < 4.78 is 13.5. The molecule has 136 valence electrons. The number of aliphatic hydroxyl groups excluding tert-OH is 1. The first-order valence-electron chi connectivity index (χ1n) is 8.39. The number of aromatic nitrogens is 1. The van der Waals surface area contributed by atoms with E-state index in [-0.39, 0.29) is 5.82 Å². The predicted octanol–water partition coefficient (Wildman–Crippen LogP) is 2.94. The number of anilines is 1. The van der Waals surface area contributed by atoms with Crippen molar-refractivity contribution in [1.82, 2.24) is 10.3 Å². The minimum absolute atomic E-state index is 0.300. The van der Waals surface area contributed by atoms with Gasteiger partial charge in [-0.2, -0.15) is 0 Å². The van der Waals surface area contributed by atoms with E-state index in [1.165, 1.54) is 12.1 Å². The number of hydrogen-bond donors (Lipinski definition) is 4. The van der Waals surface area contributed by atoms with E-state index in [9.17, 15) is 9.50 Å². The maximum Gasteiger partial charge on any atom is 0.133 e. The van der Waals surface area contributed by atoms with Crippen molar-refractivity contribution < 1.29 is 9.50 Å². The standard InChI is InChI=1S/C20H23FN4O/c1-20(2,23)11-25-19(26)17-10-24-18(22)16-9-13(6-7-15(16)17)12-4-3-5-14(21)8-12/h3-10,19,25-26H,11,23H2,1-2H3,(H2,22,24). The number of halogens is 1. The monoisotopic (exact) mass is 354 g/mol. The van der Waals surface area contributed by atoms with Crippen molar-refractivity contribution in [3.8, 4) is 11.1 Å². The molecule has 1 unspecified atom stereocenters. The average Bonchev–Trinajstić information content (AvgIpc) is 2.59. The van der Waals surface area contributed by atoms with Gasteiger partial charge < -0.3 is 16.6 Å². The van der Waals surface area contributed by atoms with Gasteiger partial charge in [0.1, 0.15) is 17.9 Å². The van der Waals surface area contributed by atoms with E-state index in [2.05, 4.69) is 10.3 Å². The molecule has 0 spiro atoms. The van der Waals surface area contributed by atoms with Crippen molar-refractivity contribution in [2.45, 2.75) is 25.6 Å². The van der Waals surface area contributed by atoms with Crippen LogP contribution in [0.5, 0.6) is 0 Å². The highest BCUT2D eigenvalue weighted by molar-refractivity contribution is 5.96. The first kappa shape index (κ1) is 18.3. The van der Waals surface area contributed by atoms with Gasteiger partial charge in [0.2, 0.25) is 0 Å². The third-order valence-electron chi connectivity index (χ3n) is 4.15. The molecule has 0 saturated carbocycles. The number of fused-ring (bicyclic) bond motifs is 1. The molecule has 0 aliphatic carbocycles. The normalized spacial score (nSPS) is 13.1. The summed E-state index contributed by atoms with van der Waals surface area (Å²) in [5, 5.41) is 15.0. The van der Waals surface area contributed by atoms with Gasteiger partial charge in [0.25, 0.3) is 0 Å². The molecule has 0 bridgehead atoms. The molecular formula is C20H23FN4O. The Morgan fingerprint density at radius 1 is 1.15 bits per heavy atom. The van der Waals surface area contributed by atoms with Gasteiger partial charge in [-0.1, -0.05) is 24.3 Å². The molecule has 3 rings (SSSR count). The van der Waals surface area contributed by atoms with Crippen molar-refractivity contribution in [3.63, 3.8) is 0 Å². The van der Waals surface area contributed by atoms with Crippen molar-refractivity contribution >= 4 is 16.6 Å². The van der Waals surface area contributed by atoms with Gasteiger partial charge in [-0.15, -0.1) is 0 Å². The minimum Gasteiger partial charge on any atom is -0.383 e. The van der Waals surface area contributed by atoms with Crippen LogP contribution >= 0.6 is 0 Å². The third-order valence-corrected chi connectivity index (χ3v) is 4.15. The number of nitrogens with one attached hydrogen (secondary N) is 1. The SMILES string of the molecule is CC(C)(N)CNC(O)c1cnc(N)c2cc(-c3cccc(F)c3)ccc12. The summed E-state index contributed by atoms with van der Waals surface area (Å²) in [6.07, 6.45) is 0.634. The van der Waals surface area contributed by atoms with E-state index in [0.717, 1.165) is 16.5 Å². The number of rotatable bonds is 5. The van der Waals surface area contributed by atoms with E-state index in [1.807, 2.05) is 38.1 Å². The van der Waals surface area contributed by atoms with E-state index in [1.54, 1.807) is 12.3 Å². The van der Waals surface area contributed by atoms with Crippen LogP contribution in [0, 0.1) is 5.82 Å². The lowest BCUT2D eigenvalue weighted by atomic mass is 9.99. The van der Waals surface area contributed by atoms with Gasteiger partial charge in [-0.05, 0) is 48.6 Å². The zero-order valence-corrected chi connectivity index (χ0v) is 14.8. The van der Waals surface area contributed by atoms with Crippen LogP contribution in [0.4, 0.5) is 10.2 Å². The number of hydrogen-bond acceptors (Lipinski definition) is 5. The third kappa shape index (κ3) is 3.99. The zero-order valence-electron chi connectivity index (χ0n) is 14.8. The van der Waals surface area contributed by atoms with Crippen molar-refractivity contribution in [3.05, 3.63) is 60.0 Å². The van der Waals surface area contributed by atoms with Crippen molar-refractivity contribution in [2.75, 3.05) is 12.3 Å². The van der Waals surface area contributed by atoms with Crippen LogP contribution in [0.2, 0.25) is 0 Å². The fraction of sp³-hybridized carbons (Fsp3) is 0.250. The summed E-state index contributed by atoms with van der Waals surface area (Å²) in [6, 6.07) is 12.0. The molecule has 6 N–H and O–H groups in total. The second-order valence-corrected chi connectivity index (χ2v) is 7.14. The van der Waals surface area contributed by atoms with Crippen molar-refractivity contribution in [2.24, 2.45) is 5.73 Å². The number of nitrogens with zero attached hydrogens (tertiary/aromatic N) is 1. The molecule has 0 radical (unpaired) electrons. The molecule has 1 heterocycles. The molecule has 5 nitrogen and oxygen atoms in total. The van der Waals surface area contributed by atoms with E-state index in [4.69, 9.17) is 11.5 Å². The van der Waals surface area contributed by atoms with Crippen LogP contribution in [0.3, 0.4) is 0 Å². The smallest absolute Gasteiger partial charge is 0.133 e. The molecule has 0 fully saturated rings. The second-order valence-electron chi connectivity index (χ2n) is 7.14. The Balaban J connectivity index is 2.01. The molecule has 0 saturated heterocycles. The molecule has 2 aromatic carbocycles. The largest absolute Gasteiger partial charge is 0.383 e. The second kappa shape index (κ2) is 6.99. The van der Waals surface area contributed by atoms with E-state index in [0.29, 0.717) is 23.3 Å². The highest BCUT2D eigenvalue weighted by Gasteiger charge is 2.17. The highest BCUT2D eigenvalue weighted by Crippen LogP contribution is 2.31. The Morgan fingerprint density at radius 2 is 1.88 bits per heavy atom. The van der Waals surface area contributed by atoms with Crippen LogP contribution < -0.4 is 16.8 Å². The van der Waals surface area contributed by atoms with Crippen LogP contribution in [0.1, 0.15) is 25.6 Å². The molecule has 0 aliphatic heterocycles. The number of nitrogen functional groups attached to an aromatic ring is 1. The molecule has 1 aromatic heterocycles.